The normalized spacial score (nSPS) is 23.8. The number of rotatable bonds is 22. The highest BCUT2D eigenvalue weighted by Gasteiger charge is 2.64. The van der Waals surface area contributed by atoms with E-state index in [0.29, 0.717) is 101 Å². The lowest BCUT2D eigenvalue weighted by atomic mass is 10.1. The van der Waals surface area contributed by atoms with Crippen molar-refractivity contribution in [3.63, 3.8) is 0 Å². The summed E-state index contributed by atoms with van der Waals surface area (Å²) in [5, 5.41) is 23.5. The summed E-state index contributed by atoms with van der Waals surface area (Å²) in [6, 6.07) is 11.8. The number of hydrogen-bond acceptors (Lipinski definition) is 20. The summed E-state index contributed by atoms with van der Waals surface area (Å²) >= 11 is 1.47. The molecule has 4 aromatic heterocycles. The molecule has 0 unspecified atom stereocenters. The molecule has 12 rings (SSSR count). The number of ether oxygens (including phenoxy) is 4. The number of aromatic nitrogens is 5. The molecule has 8 amide bonds. The summed E-state index contributed by atoms with van der Waals surface area (Å²) in [7, 11) is -1.37. The Kier molecular flexibility index (Phi) is 22.9. The van der Waals surface area contributed by atoms with Crippen LogP contribution in [0.15, 0.2) is 84.4 Å². The number of sulfonamides is 2. The van der Waals surface area contributed by atoms with E-state index in [0.717, 1.165) is 67.6 Å². The molecule has 0 saturated heterocycles. The van der Waals surface area contributed by atoms with E-state index in [1.165, 1.54) is 21.1 Å². The molecule has 4 saturated carbocycles. The summed E-state index contributed by atoms with van der Waals surface area (Å²) in [4.78, 5) is 99.4. The molecule has 104 heavy (non-hydrogen) atoms. The molecule has 2 aromatic carbocycles. The lowest BCUT2D eigenvalue weighted by molar-refractivity contribution is -0.130. The standard InChI is InChI=1S/C37H49N7O7S.C36H47N7O7S2/c1-6-18-44-20-14-27(41-44)29-22-31(26-12-13-30(50-5)24(2)32(26)38-29)51-21-15-28-33(45)40-37(34(46)42-52(48,49)36(3)16-17-36)23-25(37)11-9-7-8-10-19-43(4)35(47)39-28;1-22(2)37-33-39-29(21-51-33)28-19-30(25-12-11-24(49-5)18-27(25)38-28)50-17-13-26-31(44)41-36(32(45)42-52(47,48)35(3)14-15-35)20-23(36)10-8-6-7-9-16-43(4)34(46)40-26/h9,11-14,20,22,25,28H,6-8,10,15-19,21,23H2,1-5H3,(H,39,47)(H,40,45)(H,42,46);8,10-12,18-19,21-23,26H,6-7,9,13-17,20H2,1-5H3,(H,37,39)(H,40,46)(H,41,44)(H,42,45)/b11-9-;10-8-/t25-,28+,37-;23-,26+,36-/m11/s1. The fourth-order valence-corrected chi connectivity index (χ4v) is 16.2. The molecule has 560 valence electrons. The molecule has 0 spiro atoms. The van der Waals surface area contributed by atoms with Gasteiger partial charge in [0, 0.05) is 111 Å². The number of nitrogens with zero attached hydrogens (tertiary/aromatic N) is 7. The summed E-state index contributed by atoms with van der Waals surface area (Å²) in [6.07, 6.45) is 17.5. The first-order valence-corrected chi connectivity index (χ1v) is 39.5. The first-order chi connectivity index (χ1) is 49.5. The summed E-state index contributed by atoms with van der Waals surface area (Å²) < 4.78 is 80.2. The van der Waals surface area contributed by atoms with Crippen molar-refractivity contribution >= 4 is 94.0 Å². The Morgan fingerprint density at radius 1 is 0.663 bits per heavy atom. The van der Waals surface area contributed by atoms with E-state index in [9.17, 15) is 45.6 Å². The molecule has 6 aromatic rings. The predicted molar refractivity (Wildman–Crippen MR) is 396 cm³/mol. The Bertz CT molecular complexity index is 4530. The van der Waals surface area contributed by atoms with E-state index < -0.39 is 94.3 Å². The van der Waals surface area contributed by atoms with Crippen LogP contribution in [-0.4, -0.2) is 180 Å². The molecule has 0 radical (unpaired) electrons. The third kappa shape index (κ3) is 17.1. The maximum Gasteiger partial charge on any atom is 0.317 e. The van der Waals surface area contributed by atoms with Gasteiger partial charge < -0.3 is 55.3 Å². The maximum atomic E-state index is 14.0. The molecule has 7 N–H and O–H groups in total. The number of anilines is 1. The van der Waals surface area contributed by atoms with Crippen LogP contribution in [0.2, 0.25) is 0 Å². The fourth-order valence-electron chi connectivity index (χ4n) is 12.7. The fraction of sp³-hybridized carbons (Fsp3) is 0.534. The molecule has 31 heteroatoms. The summed E-state index contributed by atoms with van der Waals surface area (Å²) in [6.45, 7) is 13.1. The van der Waals surface area contributed by atoms with Crippen LogP contribution >= 0.6 is 11.3 Å². The SMILES string of the molecule is CCCn1ccc(-c2cc(OCC[C@@H]3NC(=O)N(C)CCCC/C=C\[C@@H]4C[C@@]4(C(=O)NS(=O)(=O)C4(C)CC4)NC3=O)c3ccc(OC)c(C)c3n2)n1.COc1ccc2c(OCC[C@@H]3NC(=O)N(C)CCCC/C=C\[C@@H]4C[C@@]4(C(=O)NS(=O)(=O)C4(C)CC4)NC3=O)cc(-c3csc(NC(C)C)n3)nc2c1. The third-order valence-electron chi connectivity index (χ3n) is 20.3. The van der Waals surface area contributed by atoms with E-state index >= 15 is 0 Å². The van der Waals surface area contributed by atoms with Crippen molar-refractivity contribution in [2.24, 2.45) is 11.8 Å². The second kappa shape index (κ2) is 31.3. The number of amides is 8. The van der Waals surface area contributed by atoms with Crippen molar-refractivity contribution < 1.29 is 64.6 Å². The number of carbonyl (C=O) groups excluding carboxylic acids is 6. The van der Waals surface area contributed by atoms with Crippen molar-refractivity contribution in [1.29, 1.82) is 0 Å². The zero-order valence-corrected chi connectivity index (χ0v) is 63.1. The van der Waals surface area contributed by atoms with Crippen LogP contribution in [0.1, 0.15) is 136 Å². The maximum absolute atomic E-state index is 14.0. The number of methoxy groups -OCH3 is 2. The van der Waals surface area contributed by atoms with Gasteiger partial charge in [-0.25, -0.2) is 41.4 Å². The molecule has 6 aliphatic rings. The average Bonchev–Trinajstić information content (AvgIpc) is 1.58. The molecular formula is C73H96N14O14S3. The van der Waals surface area contributed by atoms with E-state index in [2.05, 4.69) is 43.0 Å². The molecular weight excluding hydrogens is 1390 g/mol. The van der Waals surface area contributed by atoms with Crippen molar-refractivity contribution in [2.75, 3.05) is 59.9 Å². The number of nitrogens with one attached hydrogen (secondary N) is 7. The molecule has 4 aliphatic carbocycles. The summed E-state index contributed by atoms with van der Waals surface area (Å²) in [5.41, 5.74) is 1.75. The van der Waals surface area contributed by atoms with Crippen LogP contribution in [0.5, 0.6) is 23.0 Å². The minimum absolute atomic E-state index is 0.0130. The second-order valence-electron chi connectivity index (χ2n) is 28.8. The third-order valence-corrected chi connectivity index (χ3v) is 25.4. The Labute approximate surface area is 611 Å². The largest absolute Gasteiger partial charge is 0.497 e. The van der Waals surface area contributed by atoms with Gasteiger partial charge in [-0.15, -0.1) is 11.3 Å². The number of benzene rings is 2. The van der Waals surface area contributed by atoms with Gasteiger partial charge in [0.2, 0.25) is 31.9 Å². The van der Waals surface area contributed by atoms with Crippen LogP contribution in [0.4, 0.5) is 14.7 Å². The van der Waals surface area contributed by atoms with Crippen LogP contribution in [0, 0.1) is 18.8 Å². The number of carbonyl (C=O) groups is 6. The zero-order chi connectivity index (χ0) is 74.5. The van der Waals surface area contributed by atoms with Gasteiger partial charge in [0.15, 0.2) is 5.13 Å². The zero-order valence-electron chi connectivity index (χ0n) is 60.7. The number of aryl methyl sites for hydroxylation is 2. The average molecular weight is 1490 g/mol. The van der Waals surface area contributed by atoms with Crippen LogP contribution in [0.3, 0.4) is 0 Å². The molecule has 28 nitrogen and oxygen atoms in total. The van der Waals surface area contributed by atoms with Crippen molar-refractivity contribution in [3.05, 3.63) is 90.0 Å². The molecule has 6 heterocycles. The number of pyridine rings is 2. The number of allylic oxidation sites excluding steroid dienone is 2. The van der Waals surface area contributed by atoms with E-state index in [4.69, 9.17) is 39.0 Å². The van der Waals surface area contributed by atoms with Crippen LogP contribution < -0.4 is 55.0 Å². The highest BCUT2D eigenvalue weighted by molar-refractivity contribution is 7.92. The summed E-state index contributed by atoms with van der Waals surface area (Å²) in [5.74, 6) is -1.22. The molecule has 6 atom stereocenters. The van der Waals surface area contributed by atoms with Gasteiger partial charge in [-0.1, -0.05) is 31.2 Å². The van der Waals surface area contributed by atoms with Crippen molar-refractivity contribution in [2.45, 2.75) is 183 Å². The number of thiazole rings is 1. The quantitative estimate of drug-likeness (QED) is 0.0312. The topological polar surface area (TPSA) is 355 Å². The van der Waals surface area contributed by atoms with Gasteiger partial charge in [-0.05, 0) is 148 Å². The van der Waals surface area contributed by atoms with Gasteiger partial charge in [-0.2, -0.15) is 5.10 Å². The minimum Gasteiger partial charge on any atom is -0.497 e. The number of urea groups is 2. The number of fused-ring (bicyclic) bond motifs is 4. The first kappa shape index (κ1) is 76.0. The lowest BCUT2D eigenvalue weighted by Crippen LogP contribution is -2.58. The second-order valence-corrected chi connectivity index (χ2v) is 34.0. The Morgan fingerprint density at radius 3 is 1.70 bits per heavy atom. The van der Waals surface area contributed by atoms with Crippen molar-refractivity contribution in [1.82, 2.24) is 65.2 Å². The van der Waals surface area contributed by atoms with E-state index in [-0.39, 0.29) is 50.9 Å². The Balaban J connectivity index is 0.000000208. The minimum atomic E-state index is -3.94. The Morgan fingerprint density at radius 2 is 1.19 bits per heavy atom. The highest BCUT2D eigenvalue weighted by atomic mass is 32.2. The van der Waals surface area contributed by atoms with Crippen molar-refractivity contribution in [3.8, 4) is 45.8 Å². The van der Waals surface area contributed by atoms with Gasteiger partial charge >= 0.3 is 12.1 Å². The monoisotopic (exact) mass is 1490 g/mol. The van der Waals surface area contributed by atoms with Gasteiger partial charge in [0.25, 0.3) is 11.8 Å². The van der Waals surface area contributed by atoms with Gasteiger partial charge in [-0.3, -0.25) is 33.3 Å². The Hall–Kier alpha value is -9.10. The van der Waals surface area contributed by atoms with E-state index in [1.807, 2.05) is 91.7 Å². The van der Waals surface area contributed by atoms with Crippen LogP contribution in [0.25, 0.3) is 44.6 Å². The number of hydrogen-bond donors (Lipinski definition) is 7. The smallest absolute Gasteiger partial charge is 0.317 e. The first-order valence-electron chi connectivity index (χ1n) is 35.7. The van der Waals surface area contributed by atoms with E-state index in [1.54, 1.807) is 60.4 Å². The molecule has 4 fully saturated rings. The predicted octanol–water partition coefficient (Wildman–Crippen LogP) is 8.80. The molecule has 0 bridgehead atoms. The molecule has 2 aliphatic heterocycles. The highest BCUT2D eigenvalue weighted by Crippen LogP contribution is 2.49. The van der Waals surface area contributed by atoms with Crippen LogP contribution in [-0.2, 0) is 45.8 Å². The lowest BCUT2D eigenvalue weighted by Gasteiger charge is -2.26. The van der Waals surface area contributed by atoms with Gasteiger partial charge in [0.05, 0.1) is 59.3 Å². The van der Waals surface area contributed by atoms with Gasteiger partial charge in [0.1, 0.15) is 57.5 Å².